The highest BCUT2D eigenvalue weighted by atomic mass is 35.5. The van der Waals surface area contributed by atoms with Crippen LogP contribution in [-0.4, -0.2) is 21.6 Å². The molecule has 2 aromatic carbocycles. The molecule has 0 aliphatic carbocycles. The molecule has 3 aromatic rings. The van der Waals surface area contributed by atoms with Crippen LogP contribution in [0, 0.1) is 6.92 Å². The molecule has 0 bridgehead atoms. The summed E-state index contributed by atoms with van der Waals surface area (Å²) in [6.07, 6.45) is 0. The predicted octanol–water partition coefficient (Wildman–Crippen LogP) is 4.05. The van der Waals surface area contributed by atoms with E-state index in [-0.39, 0.29) is 0 Å². The molecule has 25 heavy (non-hydrogen) atoms. The van der Waals surface area contributed by atoms with Gasteiger partial charge in [-0.3, -0.25) is 4.79 Å². The lowest BCUT2D eigenvalue weighted by atomic mass is 10.1. The number of fused-ring (bicyclic) bond motifs is 1. The van der Waals surface area contributed by atoms with Crippen LogP contribution >= 0.6 is 22.9 Å². The number of thiazole rings is 1. The molecular formula is C18H15ClN2O3S. The molecule has 0 saturated heterocycles. The van der Waals surface area contributed by atoms with E-state index in [1.165, 1.54) is 11.3 Å². The summed E-state index contributed by atoms with van der Waals surface area (Å²) in [6, 6.07) is 11.4. The van der Waals surface area contributed by atoms with Gasteiger partial charge < -0.3 is 9.67 Å². The van der Waals surface area contributed by atoms with Crippen molar-refractivity contribution >= 4 is 45.0 Å². The normalized spacial score (nSPS) is 13.2. The number of carbonyl (C=O) groups is 2. The zero-order valence-corrected chi connectivity index (χ0v) is 15.1. The molecule has 7 heteroatoms. The lowest BCUT2D eigenvalue weighted by Crippen LogP contribution is -2.25. The number of nitrogens with zero attached hydrogens (tertiary/aromatic N) is 2. The Morgan fingerprint density at radius 3 is 2.52 bits per heavy atom. The van der Waals surface area contributed by atoms with E-state index in [1.54, 1.807) is 41.8 Å². The highest BCUT2D eigenvalue weighted by Crippen LogP contribution is 2.24. The third kappa shape index (κ3) is 3.50. The molecule has 0 saturated carbocycles. The number of aromatic nitrogens is 1. The molecule has 1 unspecified atom stereocenters. The first kappa shape index (κ1) is 17.4. The van der Waals surface area contributed by atoms with E-state index in [2.05, 4.69) is 4.99 Å². The van der Waals surface area contributed by atoms with Gasteiger partial charge in [-0.25, -0.2) is 4.79 Å². The Morgan fingerprint density at radius 2 is 1.88 bits per heavy atom. The molecule has 3 rings (SSSR count). The van der Waals surface area contributed by atoms with Crippen LogP contribution < -0.4 is 4.80 Å². The van der Waals surface area contributed by atoms with Gasteiger partial charge in [0, 0.05) is 10.6 Å². The summed E-state index contributed by atoms with van der Waals surface area (Å²) in [5.41, 5.74) is 2.18. The maximum Gasteiger partial charge on any atom is 0.326 e. The number of rotatable bonds is 3. The Kier molecular flexibility index (Phi) is 4.74. The van der Waals surface area contributed by atoms with Crippen LogP contribution in [-0.2, 0) is 4.79 Å². The van der Waals surface area contributed by atoms with Gasteiger partial charge in [0.05, 0.1) is 10.2 Å². The van der Waals surface area contributed by atoms with Crippen molar-refractivity contribution in [1.82, 2.24) is 4.57 Å². The van der Waals surface area contributed by atoms with Gasteiger partial charge in [-0.15, -0.1) is 0 Å². The second-order valence-electron chi connectivity index (χ2n) is 5.66. The van der Waals surface area contributed by atoms with Gasteiger partial charge >= 0.3 is 5.97 Å². The van der Waals surface area contributed by atoms with Gasteiger partial charge in [-0.1, -0.05) is 40.6 Å². The zero-order chi connectivity index (χ0) is 18.1. The molecule has 0 aliphatic rings. The molecule has 128 valence electrons. The predicted molar refractivity (Wildman–Crippen MR) is 98.2 cm³/mol. The molecule has 0 fully saturated rings. The number of aliphatic carboxylic acids is 1. The van der Waals surface area contributed by atoms with Crippen molar-refractivity contribution in [3.63, 3.8) is 0 Å². The molecule has 0 aliphatic heterocycles. The first-order chi connectivity index (χ1) is 11.9. The number of hydrogen-bond acceptors (Lipinski definition) is 3. The standard InChI is InChI=1S/C18H15ClN2O3S/c1-10-3-5-12(6-4-10)16(22)20-18-21(11(2)17(23)24)14-8-7-13(19)9-15(14)25-18/h3-9,11H,1-2H3,(H,23,24)/b20-18-. The van der Waals surface area contributed by atoms with Crippen LogP contribution in [0.4, 0.5) is 0 Å². The van der Waals surface area contributed by atoms with E-state index in [0.717, 1.165) is 10.3 Å². The van der Waals surface area contributed by atoms with Crippen LogP contribution in [0.1, 0.15) is 28.9 Å². The minimum Gasteiger partial charge on any atom is -0.480 e. The quantitative estimate of drug-likeness (QED) is 0.751. The average molecular weight is 375 g/mol. The monoisotopic (exact) mass is 374 g/mol. The molecule has 0 radical (unpaired) electrons. The maximum absolute atomic E-state index is 12.5. The van der Waals surface area contributed by atoms with Crippen molar-refractivity contribution in [2.75, 3.05) is 0 Å². The van der Waals surface area contributed by atoms with Gasteiger partial charge in [-0.2, -0.15) is 4.99 Å². The van der Waals surface area contributed by atoms with Gasteiger partial charge in [0.1, 0.15) is 6.04 Å². The summed E-state index contributed by atoms with van der Waals surface area (Å²) >= 11 is 7.26. The van der Waals surface area contributed by atoms with Crippen molar-refractivity contribution in [1.29, 1.82) is 0 Å². The zero-order valence-electron chi connectivity index (χ0n) is 13.6. The lowest BCUT2D eigenvalue weighted by Gasteiger charge is -2.10. The molecule has 1 aromatic heterocycles. The van der Waals surface area contributed by atoms with E-state index >= 15 is 0 Å². The van der Waals surface area contributed by atoms with Crippen molar-refractivity contribution in [2.45, 2.75) is 19.9 Å². The topological polar surface area (TPSA) is 71.7 Å². The Hall–Kier alpha value is -2.44. The van der Waals surface area contributed by atoms with E-state index in [4.69, 9.17) is 11.6 Å². The first-order valence-corrected chi connectivity index (χ1v) is 8.75. The summed E-state index contributed by atoms with van der Waals surface area (Å²) < 4.78 is 2.32. The Morgan fingerprint density at radius 1 is 1.20 bits per heavy atom. The number of carboxylic acid groups (broad SMARTS) is 1. The van der Waals surface area contributed by atoms with Crippen molar-refractivity contribution in [3.05, 3.63) is 63.4 Å². The Balaban J connectivity index is 2.20. The number of benzene rings is 2. The minimum atomic E-state index is -1.00. The molecular weight excluding hydrogens is 360 g/mol. The second-order valence-corrected chi connectivity index (χ2v) is 7.11. The third-order valence-electron chi connectivity index (χ3n) is 3.83. The average Bonchev–Trinajstić information content (AvgIpc) is 2.91. The van der Waals surface area contributed by atoms with Crippen molar-refractivity contribution < 1.29 is 14.7 Å². The number of halogens is 1. The largest absolute Gasteiger partial charge is 0.480 e. The summed E-state index contributed by atoms with van der Waals surface area (Å²) in [6.45, 7) is 3.49. The molecule has 1 N–H and O–H groups in total. The molecule has 1 atom stereocenters. The Labute approximate surface area is 152 Å². The van der Waals surface area contributed by atoms with E-state index in [9.17, 15) is 14.7 Å². The number of aryl methyl sites for hydroxylation is 1. The fraction of sp³-hybridized carbons (Fsp3) is 0.167. The molecule has 0 spiro atoms. The van der Waals surface area contributed by atoms with E-state index in [1.807, 2.05) is 19.1 Å². The van der Waals surface area contributed by atoms with Gasteiger partial charge in [0.25, 0.3) is 5.91 Å². The smallest absolute Gasteiger partial charge is 0.326 e. The second kappa shape index (κ2) is 6.82. The van der Waals surface area contributed by atoms with Crippen LogP contribution in [0.25, 0.3) is 10.2 Å². The molecule has 1 heterocycles. The first-order valence-electron chi connectivity index (χ1n) is 7.56. The molecule has 1 amide bonds. The fourth-order valence-corrected chi connectivity index (χ4v) is 3.80. The number of carbonyl (C=O) groups excluding carboxylic acids is 1. The number of hydrogen-bond donors (Lipinski definition) is 1. The van der Waals surface area contributed by atoms with E-state index in [0.29, 0.717) is 20.9 Å². The summed E-state index contributed by atoms with van der Waals surface area (Å²) in [5, 5.41) is 9.95. The number of carboxylic acids is 1. The van der Waals surface area contributed by atoms with Gasteiger partial charge in [-0.05, 0) is 44.2 Å². The summed E-state index contributed by atoms with van der Waals surface area (Å²) in [5.74, 6) is -1.41. The highest BCUT2D eigenvalue weighted by molar-refractivity contribution is 7.16. The van der Waals surface area contributed by atoms with Crippen LogP contribution in [0.5, 0.6) is 0 Å². The Bertz CT molecular complexity index is 1030. The van der Waals surface area contributed by atoms with Crippen LogP contribution in [0.2, 0.25) is 5.02 Å². The number of amides is 1. The third-order valence-corrected chi connectivity index (χ3v) is 5.08. The van der Waals surface area contributed by atoms with Gasteiger partial charge in [0.15, 0.2) is 4.80 Å². The van der Waals surface area contributed by atoms with Gasteiger partial charge in [0.2, 0.25) is 0 Å². The van der Waals surface area contributed by atoms with Crippen molar-refractivity contribution in [2.24, 2.45) is 4.99 Å². The molecule has 5 nitrogen and oxygen atoms in total. The SMILES string of the molecule is Cc1ccc(C(=O)/N=c2\sc3cc(Cl)ccc3n2C(C)C(=O)O)cc1. The highest BCUT2D eigenvalue weighted by Gasteiger charge is 2.19. The summed E-state index contributed by atoms with van der Waals surface area (Å²) in [4.78, 5) is 28.4. The summed E-state index contributed by atoms with van der Waals surface area (Å²) in [7, 11) is 0. The van der Waals surface area contributed by atoms with Crippen LogP contribution in [0.15, 0.2) is 47.5 Å². The van der Waals surface area contributed by atoms with Crippen molar-refractivity contribution in [3.8, 4) is 0 Å². The lowest BCUT2D eigenvalue weighted by molar-refractivity contribution is -0.140. The minimum absolute atomic E-state index is 0.331. The fourth-order valence-electron chi connectivity index (χ4n) is 2.43. The maximum atomic E-state index is 12.5. The van der Waals surface area contributed by atoms with E-state index < -0.39 is 17.9 Å². The van der Waals surface area contributed by atoms with Crippen LogP contribution in [0.3, 0.4) is 0 Å².